The smallest absolute Gasteiger partial charge is 0.265 e. The molecule has 0 aromatic heterocycles. The first-order valence-electron chi connectivity index (χ1n) is 10.8. The predicted molar refractivity (Wildman–Crippen MR) is 128 cm³/mol. The number of hydrogen-bond donors (Lipinski definition) is 2. The van der Waals surface area contributed by atoms with Crippen molar-refractivity contribution >= 4 is 11.9 Å². The van der Waals surface area contributed by atoms with Crippen LogP contribution in [0.1, 0.15) is 83.1 Å². The van der Waals surface area contributed by atoms with E-state index < -0.39 is 0 Å². The van der Waals surface area contributed by atoms with Gasteiger partial charge in [0.25, 0.3) is 5.96 Å². The molecule has 8 heteroatoms. The summed E-state index contributed by atoms with van der Waals surface area (Å²) in [5, 5.41) is 11.4. The highest BCUT2D eigenvalue weighted by Gasteiger charge is 2.20. The molecule has 0 saturated heterocycles. The van der Waals surface area contributed by atoms with E-state index in [1.54, 1.807) is 0 Å². The van der Waals surface area contributed by atoms with Crippen LogP contribution in [0.2, 0.25) is 0 Å². The van der Waals surface area contributed by atoms with Crippen LogP contribution >= 0.6 is 0 Å². The standard InChI is InChI=1S/2C11H22N4/c1-8(2)13-11(14-12-7)15(9(3)4)10(5)6;1-8(2)14-11(13-7-12)15(9(3)4)10(5)6/h2*8-10H,1-6H3,(H,13,14). The van der Waals surface area contributed by atoms with Gasteiger partial charge in [0.15, 0.2) is 6.19 Å². The molecule has 8 nitrogen and oxygen atoms in total. The largest absolute Gasteiger partial charge is 0.337 e. The summed E-state index contributed by atoms with van der Waals surface area (Å²) in [5.74, 6) is 1.34. The van der Waals surface area contributed by atoms with Crippen molar-refractivity contribution in [3.63, 3.8) is 0 Å². The molecular weight excluding hydrogens is 376 g/mol. The van der Waals surface area contributed by atoms with Crippen LogP contribution in [-0.4, -0.2) is 58.0 Å². The number of aliphatic imine (C=N–C) groups is 2. The van der Waals surface area contributed by atoms with Crippen LogP contribution in [0.5, 0.6) is 0 Å². The Kier molecular flexibility index (Phi) is 15.2. The first kappa shape index (κ1) is 29.7. The number of rotatable bonds is 6. The monoisotopic (exact) mass is 420 g/mol. The van der Waals surface area contributed by atoms with E-state index in [1.807, 2.05) is 33.9 Å². The van der Waals surface area contributed by atoms with Crippen LogP contribution in [0, 0.1) is 18.0 Å². The van der Waals surface area contributed by atoms with Crippen molar-refractivity contribution < 1.29 is 0 Å². The normalized spacial score (nSPS) is 12.1. The minimum Gasteiger partial charge on any atom is -0.337 e. The molecule has 0 bridgehead atoms. The Morgan fingerprint density at radius 1 is 0.733 bits per heavy atom. The highest BCUT2D eigenvalue weighted by atomic mass is 15.4. The molecule has 0 spiro atoms. The van der Waals surface area contributed by atoms with Gasteiger partial charge in [0, 0.05) is 36.3 Å². The lowest BCUT2D eigenvalue weighted by Gasteiger charge is -2.33. The fraction of sp³-hybridized carbons (Fsp3) is 0.818. The van der Waals surface area contributed by atoms with Crippen molar-refractivity contribution in [1.29, 1.82) is 5.26 Å². The lowest BCUT2D eigenvalue weighted by atomic mass is 10.2. The summed E-state index contributed by atoms with van der Waals surface area (Å²) in [6.07, 6.45) is 1.94. The zero-order valence-corrected chi connectivity index (χ0v) is 21.1. The van der Waals surface area contributed by atoms with E-state index in [1.165, 1.54) is 0 Å². The maximum atomic E-state index is 8.69. The topological polar surface area (TPSA) is 83.4 Å². The van der Waals surface area contributed by atoms with Crippen LogP contribution in [0.4, 0.5) is 0 Å². The van der Waals surface area contributed by atoms with Crippen LogP contribution in [0.3, 0.4) is 0 Å². The predicted octanol–water partition coefficient (Wildman–Crippen LogP) is 4.23. The molecule has 30 heavy (non-hydrogen) atoms. The van der Waals surface area contributed by atoms with Gasteiger partial charge in [0.1, 0.15) is 0 Å². The number of guanidine groups is 2. The minimum absolute atomic E-state index is 0.181. The van der Waals surface area contributed by atoms with Crippen LogP contribution in [0.15, 0.2) is 9.98 Å². The molecule has 0 aromatic rings. The summed E-state index contributed by atoms with van der Waals surface area (Å²) in [7, 11) is 0. The van der Waals surface area contributed by atoms with Crippen molar-refractivity contribution in [2.45, 2.75) is 119 Å². The average molecular weight is 421 g/mol. The van der Waals surface area contributed by atoms with Gasteiger partial charge in [0.05, 0.1) is 0 Å². The summed E-state index contributed by atoms with van der Waals surface area (Å²) in [4.78, 5) is 16.3. The molecule has 0 aliphatic rings. The van der Waals surface area contributed by atoms with E-state index >= 15 is 0 Å². The molecule has 0 rings (SSSR count). The maximum Gasteiger partial charge on any atom is 0.265 e. The van der Waals surface area contributed by atoms with Gasteiger partial charge in [0.2, 0.25) is 5.96 Å². The van der Waals surface area contributed by atoms with Gasteiger partial charge >= 0.3 is 0 Å². The Labute approximate surface area is 185 Å². The second kappa shape index (κ2) is 15.4. The van der Waals surface area contributed by atoms with E-state index in [4.69, 9.17) is 11.8 Å². The van der Waals surface area contributed by atoms with E-state index in [-0.39, 0.29) is 12.1 Å². The molecule has 0 unspecified atom stereocenters. The highest BCUT2D eigenvalue weighted by Crippen LogP contribution is 2.07. The summed E-state index contributed by atoms with van der Waals surface area (Å²) in [6.45, 7) is 31.6. The SMILES string of the molecule is CC(C)N=C(NC#N)N(C(C)C)C(C)C.[C-]#[N+]NC(=NC(C)C)N(C(C)C)C(C)C. The Morgan fingerprint density at radius 2 is 1.07 bits per heavy atom. The molecule has 0 atom stereocenters. The van der Waals surface area contributed by atoms with E-state index in [2.05, 4.69) is 90.9 Å². The van der Waals surface area contributed by atoms with Crippen LogP contribution in [-0.2, 0) is 0 Å². The molecule has 0 aliphatic carbocycles. The summed E-state index contributed by atoms with van der Waals surface area (Å²) in [5.41, 5.74) is 2.64. The number of nitriles is 1. The van der Waals surface area contributed by atoms with Crippen molar-refractivity contribution in [3.8, 4) is 6.19 Å². The fourth-order valence-electron chi connectivity index (χ4n) is 3.08. The van der Waals surface area contributed by atoms with Gasteiger partial charge in [-0.3, -0.25) is 5.32 Å². The first-order valence-corrected chi connectivity index (χ1v) is 10.8. The maximum absolute atomic E-state index is 8.69. The van der Waals surface area contributed by atoms with Crippen molar-refractivity contribution in [2.75, 3.05) is 0 Å². The van der Waals surface area contributed by atoms with E-state index in [0.29, 0.717) is 36.1 Å². The molecule has 0 fully saturated rings. The first-order chi connectivity index (χ1) is 13.8. The van der Waals surface area contributed by atoms with Crippen molar-refractivity contribution in [3.05, 3.63) is 11.5 Å². The van der Waals surface area contributed by atoms with Crippen LogP contribution < -0.4 is 10.7 Å². The third-order valence-corrected chi connectivity index (χ3v) is 3.80. The van der Waals surface area contributed by atoms with Crippen molar-refractivity contribution in [1.82, 2.24) is 20.5 Å². The molecule has 172 valence electrons. The highest BCUT2D eigenvalue weighted by molar-refractivity contribution is 5.82. The molecule has 0 radical (unpaired) electrons. The molecule has 0 aromatic carbocycles. The Bertz CT molecular complexity index is 534. The molecule has 0 saturated carbocycles. The second-order valence-electron chi connectivity index (χ2n) is 8.74. The van der Waals surface area contributed by atoms with E-state index in [0.717, 1.165) is 0 Å². The average Bonchev–Trinajstić information content (AvgIpc) is 2.53. The van der Waals surface area contributed by atoms with Gasteiger partial charge in [-0.05, 0) is 83.1 Å². The molecule has 0 aliphatic heterocycles. The molecular formula is C22H44N8. The Hall–Kier alpha value is -2.48. The number of hydrogen-bond acceptors (Lipinski definition) is 3. The van der Waals surface area contributed by atoms with Gasteiger partial charge < -0.3 is 9.80 Å². The lowest BCUT2D eigenvalue weighted by molar-refractivity contribution is 0.283. The third kappa shape index (κ3) is 12.2. The Balaban J connectivity index is 0. The van der Waals surface area contributed by atoms with Crippen molar-refractivity contribution in [2.24, 2.45) is 9.98 Å². The fourth-order valence-corrected chi connectivity index (χ4v) is 3.08. The summed E-state index contributed by atoms with van der Waals surface area (Å²) < 4.78 is 0. The summed E-state index contributed by atoms with van der Waals surface area (Å²) >= 11 is 0. The quantitative estimate of drug-likeness (QED) is 0.168. The molecule has 0 heterocycles. The van der Waals surface area contributed by atoms with E-state index in [9.17, 15) is 0 Å². The molecule has 0 amide bonds. The zero-order chi connectivity index (χ0) is 24.0. The number of nitrogens with one attached hydrogen (secondary N) is 2. The Morgan fingerprint density at radius 3 is 1.33 bits per heavy atom. The third-order valence-electron chi connectivity index (χ3n) is 3.80. The van der Waals surface area contributed by atoms with Gasteiger partial charge in [-0.1, -0.05) is 5.43 Å². The number of nitrogens with zero attached hydrogens (tertiary/aromatic N) is 6. The molecule has 2 N–H and O–H groups in total. The zero-order valence-electron chi connectivity index (χ0n) is 21.1. The van der Waals surface area contributed by atoms with Gasteiger partial charge in [-0.15, -0.1) is 0 Å². The lowest BCUT2D eigenvalue weighted by Crippen LogP contribution is -2.48. The summed E-state index contributed by atoms with van der Waals surface area (Å²) in [6, 6.07) is 1.68. The van der Waals surface area contributed by atoms with Crippen LogP contribution in [0.25, 0.3) is 4.95 Å². The van der Waals surface area contributed by atoms with Gasteiger partial charge in [-0.2, -0.15) is 16.8 Å². The second-order valence-corrected chi connectivity index (χ2v) is 8.74. The minimum atomic E-state index is 0.181. The van der Waals surface area contributed by atoms with Gasteiger partial charge in [-0.25, -0.2) is 9.98 Å².